The molecule has 2 rings (SSSR count). The van der Waals surface area contributed by atoms with Gasteiger partial charge < -0.3 is 15.3 Å². The summed E-state index contributed by atoms with van der Waals surface area (Å²) < 4.78 is 0. The summed E-state index contributed by atoms with van der Waals surface area (Å²) in [6.45, 7) is 9.05. The van der Waals surface area contributed by atoms with Crippen LogP contribution in [0, 0.1) is 33.8 Å². The first-order chi connectivity index (χ1) is 9.63. The summed E-state index contributed by atoms with van der Waals surface area (Å²) in [5, 5.41) is 29.3. The predicted octanol–water partition coefficient (Wildman–Crippen LogP) is 1.44. The molecule has 21 heavy (non-hydrogen) atoms. The summed E-state index contributed by atoms with van der Waals surface area (Å²) >= 11 is 0. The molecule has 1 heterocycles. The van der Waals surface area contributed by atoms with Gasteiger partial charge in [-0.15, -0.1) is 14.0 Å². The molecule has 0 atom stereocenters. The van der Waals surface area contributed by atoms with Gasteiger partial charge in [-0.05, 0) is 49.4 Å². The van der Waals surface area contributed by atoms with Crippen molar-refractivity contribution in [3.63, 3.8) is 0 Å². The van der Waals surface area contributed by atoms with E-state index in [9.17, 15) is 0 Å². The van der Waals surface area contributed by atoms with E-state index < -0.39 is 0 Å². The molecule has 0 radical (unpaired) electrons. The first kappa shape index (κ1) is 25.8. The van der Waals surface area contributed by atoms with Gasteiger partial charge in [-0.3, -0.25) is 6.08 Å². The van der Waals surface area contributed by atoms with Crippen LogP contribution in [-0.2, 0) is 21.7 Å². The van der Waals surface area contributed by atoms with E-state index in [1.165, 1.54) is 16.4 Å². The van der Waals surface area contributed by atoms with Crippen molar-refractivity contribution in [3.8, 4) is 0 Å². The molecule has 0 spiro atoms. The molecule has 0 aliphatic heterocycles. The standard InChI is InChI=1S/C13H16P.3CH3O.Ti/c1-9-10(2)12(4)14(11(9)3)13-7-5-6-8-13;3*1-2;/h5,7H,6H2,1-4H3;3*1H3;/q4*-1;+4. The predicted molar refractivity (Wildman–Crippen MR) is 82.6 cm³/mol. The van der Waals surface area contributed by atoms with E-state index in [0.717, 1.165) is 27.8 Å². The minimum absolute atomic E-state index is 0. The molecule has 5 heteroatoms. The van der Waals surface area contributed by atoms with Crippen LogP contribution in [0.4, 0.5) is 0 Å². The fourth-order valence-corrected chi connectivity index (χ4v) is 4.77. The molecule has 0 bridgehead atoms. The third-order valence-corrected chi connectivity index (χ3v) is 6.04. The Bertz CT molecular complexity index is 423. The number of hydrogen-bond donors (Lipinski definition) is 0. The van der Waals surface area contributed by atoms with Gasteiger partial charge in [0.15, 0.2) is 0 Å². The quantitative estimate of drug-likeness (QED) is 0.572. The Morgan fingerprint density at radius 3 is 1.52 bits per heavy atom. The monoisotopic (exact) mass is 344 g/mol. The maximum Gasteiger partial charge on any atom is 4.00 e. The van der Waals surface area contributed by atoms with Gasteiger partial charge in [0.05, 0.1) is 0 Å². The summed E-state index contributed by atoms with van der Waals surface area (Å²) in [6.07, 6.45) is 8.94. The second kappa shape index (κ2) is 14.8. The summed E-state index contributed by atoms with van der Waals surface area (Å²) in [5.74, 6) is 0. The van der Waals surface area contributed by atoms with E-state index in [4.69, 9.17) is 15.3 Å². The molecule has 0 amide bonds. The normalized spacial score (nSPS) is 10.9. The molecule has 0 unspecified atom stereocenters. The largest absolute Gasteiger partial charge is 4.00 e. The van der Waals surface area contributed by atoms with Crippen LogP contribution in [-0.4, -0.2) is 21.3 Å². The summed E-state index contributed by atoms with van der Waals surface area (Å²) in [6, 6.07) is 0. The molecular weight excluding hydrogens is 319 g/mol. The van der Waals surface area contributed by atoms with E-state index in [-0.39, 0.29) is 29.3 Å². The molecule has 0 fully saturated rings. The topological polar surface area (TPSA) is 69.2 Å². The van der Waals surface area contributed by atoms with Crippen molar-refractivity contribution in [2.75, 3.05) is 21.3 Å². The SMILES string of the molecule is C[O-].C[O-].C[O-].Cc1c(C)c(C)p(C2=[C-]CC=C2)c1C.[Ti+4]. The third kappa shape index (κ3) is 6.65. The zero-order valence-corrected chi connectivity index (χ0v) is 16.5. The van der Waals surface area contributed by atoms with Gasteiger partial charge in [0.2, 0.25) is 0 Å². The Kier molecular flexibility index (Phi) is 18.1. The summed E-state index contributed by atoms with van der Waals surface area (Å²) in [4.78, 5) is 0. The van der Waals surface area contributed by atoms with Crippen LogP contribution < -0.4 is 15.3 Å². The molecule has 0 aromatic carbocycles. The van der Waals surface area contributed by atoms with Crippen molar-refractivity contribution in [1.29, 1.82) is 0 Å². The first-order valence-electron chi connectivity index (χ1n) is 6.28. The molecule has 3 nitrogen and oxygen atoms in total. The van der Waals surface area contributed by atoms with Crippen molar-refractivity contribution in [2.45, 2.75) is 34.1 Å². The van der Waals surface area contributed by atoms with Gasteiger partial charge in [0.25, 0.3) is 0 Å². The van der Waals surface area contributed by atoms with Crippen LogP contribution in [0.2, 0.25) is 0 Å². The molecule has 0 saturated carbocycles. The Hall–Kier alpha value is -0.146. The van der Waals surface area contributed by atoms with Gasteiger partial charge in [-0.1, -0.05) is 0 Å². The first-order valence-corrected chi connectivity index (χ1v) is 7.62. The number of rotatable bonds is 1. The van der Waals surface area contributed by atoms with Gasteiger partial charge in [-0.2, -0.15) is 32.7 Å². The van der Waals surface area contributed by atoms with Crippen LogP contribution in [0.1, 0.15) is 28.1 Å². The van der Waals surface area contributed by atoms with E-state index in [1.807, 2.05) is 0 Å². The Balaban J connectivity index is -0.000000414. The molecule has 0 N–H and O–H groups in total. The van der Waals surface area contributed by atoms with Gasteiger partial charge in [0.1, 0.15) is 0 Å². The summed E-state index contributed by atoms with van der Waals surface area (Å²) in [7, 11) is 2.08. The van der Waals surface area contributed by atoms with Crippen molar-refractivity contribution >= 4 is 12.8 Å². The average molecular weight is 344 g/mol. The van der Waals surface area contributed by atoms with Crippen LogP contribution in [0.3, 0.4) is 0 Å². The smallest absolute Gasteiger partial charge is 0.857 e. The Labute approximate surface area is 145 Å². The Morgan fingerprint density at radius 2 is 1.24 bits per heavy atom. The molecule has 1 aliphatic carbocycles. The molecule has 1 aromatic heterocycles. The number of hydrogen-bond acceptors (Lipinski definition) is 3. The van der Waals surface area contributed by atoms with Crippen molar-refractivity contribution in [3.05, 3.63) is 39.9 Å². The van der Waals surface area contributed by atoms with Gasteiger partial charge >= 0.3 is 21.7 Å². The molecule has 116 valence electrons. The second-order valence-corrected chi connectivity index (χ2v) is 6.42. The van der Waals surface area contributed by atoms with Gasteiger partial charge in [0, 0.05) is 0 Å². The van der Waals surface area contributed by atoms with E-state index in [2.05, 4.69) is 45.9 Å². The maximum absolute atomic E-state index is 8.25. The molecular formula is C16H25O3PTi. The minimum Gasteiger partial charge on any atom is -0.857 e. The third-order valence-electron chi connectivity index (χ3n) is 3.24. The second-order valence-electron chi connectivity index (χ2n) is 3.92. The number of allylic oxidation sites excluding steroid dienone is 4. The zero-order chi connectivity index (χ0) is 16.3. The van der Waals surface area contributed by atoms with Crippen molar-refractivity contribution < 1.29 is 37.0 Å². The van der Waals surface area contributed by atoms with Crippen molar-refractivity contribution in [1.82, 2.24) is 0 Å². The van der Waals surface area contributed by atoms with Crippen LogP contribution in [0.25, 0.3) is 5.31 Å². The minimum atomic E-state index is -0.169. The average Bonchev–Trinajstić information content (AvgIpc) is 3.11. The van der Waals surface area contributed by atoms with Crippen LogP contribution in [0.5, 0.6) is 0 Å². The van der Waals surface area contributed by atoms with Crippen LogP contribution >= 0.6 is 7.53 Å². The van der Waals surface area contributed by atoms with Crippen LogP contribution in [0.15, 0.2) is 12.2 Å². The fraction of sp³-hybridized carbons (Fsp3) is 0.500. The van der Waals surface area contributed by atoms with E-state index in [1.54, 1.807) is 10.6 Å². The van der Waals surface area contributed by atoms with E-state index >= 15 is 0 Å². The van der Waals surface area contributed by atoms with Gasteiger partial charge in [-0.25, -0.2) is 6.08 Å². The fourth-order valence-electron chi connectivity index (χ4n) is 2.04. The molecule has 1 aliphatic rings. The summed E-state index contributed by atoms with van der Waals surface area (Å²) in [5.41, 5.74) is 3.01. The molecule has 0 saturated heterocycles. The maximum atomic E-state index is 8.25. The Morgan fingerprint density at radius 1 is 0.857 bits per heavy atom. The van der Waals surface area contributed by atoms with E-state index in [0.29, 0.717) is 0 Å². The molecule has 1 aromatic rings. The van der Waals surface area contributed by atoms with Crippen molar-refractivity contribution in [2.24, 2.45) is 0 Å². The zero-order valence-electron chi connectivity index (χ0n) is 14.0.